The number of aromatic nitrogens is 3. The number of amides is 1. The molecule has 0 saturated heterocycles. The van der Waals surface area contributed by atoms with Crippen molar-refractivity contribution < 1.29 is 14.3 Å². The largest absolute Gasteiger partial charge is 0.464 e. The van der Waals surface area contributed by atoms with Crippen LogP contribution in [0.15, 0.2) is 36.7 Å². The van der Waals surface area contributed by atoms with Crippen molar-refractivity contribution in [2.24, 2.45) is 5.92 Å². The highest BCUT2D eigenvalue weighted by molar-refractivity contribution is 6.11. The van der Waals surface area contributed by atoms with E-state index >= 15 is 0 Å². The van der Waals surface area contributed by atoms with E-state index in [2.05, 4.69) is 20.6 Å². The van der Waals surface area contributed by atoms with E-state index in [0.29, 0.717) is 35.4 Å². The molecule has 1 aliphatic rings. The van der Waals surface area contributed by atoms with Crippen molar-refractivity contribution >= 4 is 34.3 Å². The Bertz CT molecular complexity index is 1120. The summed E-state index contributed by atoms with van der Waals surface area (Å²) in [5.74, 6) is -0.587. The molecule has 1 amide bonds. The summed E-state index contributed by atoms with van der Waals surface area (Å²) in [4.78, 5) is 34.7. The van der Waals surface area contributed by atoms with Crippen LogP contribution in [0.4, 0.5) is 11.4 Å². The van der Waals surface area contributed by atoms with Gasteiger partial charge in [-0.3, -0.25) is 9.78 Å². The average Bonchev–Trinajstić information content (AvgIpc) is 3.03. The molecular weight excluding hydrogens is 406 g/mol. The first kappa shape index (κ1) is 21.8. The molecule has 4 rings (SSSR count). The molecular formula is C24H29N5O3. The maximum absolute atomic E-state index is 12.9. The second kappa shape index (κ2) is 9.38. The Labute approximate surface area is 187 Å². The summed E-state index contributed by atoms with van der Waals surface area (Å²) < 4.78 is 6.93. The van der Waals surface area contributed by atoms with Crippen molar-refractivity contribution in [3.8, 4) is 0 Å². The van der Waals surface area contributed by atoms with Crippen LogP contribution in [0.1, 0.15) is 49.3 Å². The number of nitrogens with one attached hydrogen (secondary N) is 2. The van der Waals surface area contributed by atoms with Crippen molar-refractivity contribution in [1.82, 2.24) is 14.5 Å². The fourth-order valence-electron chi connectivity index (χ4n) is 3.96. The lowest BCUT2D eigenvalue weighted by Crippen LogP contribution is -2.29. The predicted molar refractivity (Wildman–Crippen MR) is 124 cm³/mol. The van der Waals surface area contributed by atoms with Crippen LogP contribution < -0.4 is 10.6 Å². The molecule has 1 aliphatic carbocycles. The van der Waals surface area contributed by atoms with Gasteiger partial charge in [-0.1, -0.05) is 12.5 Å². The molecule has 8 heteroatoms. The quantitative estimate of drug-likeness (QED) is 0.519. The Morgan fingerprint density at radius 1 is 1.25 bits per heavy atom. The van der Waals surface area contributed by atoms with E-state index in [0.717, 1.165) is 30.6 Å². The molecule has 32 heavy (non-hydrogen) atoms. The zero-order valence-corrected chi connectivity index (χ0v) is 18.7. The number of rotatable bonds is 8. The highest BCUT2D eigenvalue weighted by Gasteiger charge is 2.30. The van der Waals surface area contributed by atoms with Crippen molar-refractivity contribution in [1.29, 1.82) is 0 Å². The number of nitrogens with zero attached hydrogens (tertiary/aromatic N) is 3. The number of methoxy groups -OCH3 is 1. The molecule has 1 fully saturated rings. The standard InChI is InChI=1S/C24H29N5O3/c1-15(2)27-18-13-19-20(28-23(30)16-7-6-8-16)21(24(31)32-3)29(22(19)26-14-18)12-10-17-9-4-5-11-25-17/h4-5,9,11,13-16,27H,6-8,10,12H2,1-3H3,(H,28,30). The Morgan fingerprint density at radius 2 is 2.06 bits per heavy atom. The highest BCUT2D eigenvalue weighted by Crippen LogP contribution is 2.35. The van der Waals surface area contributed by atoms with Crippen LogP contribution >= 0.6 is 0 Å². The van der Waals surface area contributed by atoms with Crippen molar-refractivity contribution in [3.63, 3.8) is 0 Å². The molecule has 0 bridgehead atoms. The van der Waals surface area contributed by atoms with E-state index in [4.69, 9.17) is 4.74 Å². The summed E-state index contributed by atoms with van der Waals surface area (Å²) in [6, 6.07) is 7.90. The van der Waals surface area contributed by atoms with E-state index in [-0.39, 0.29) is 17.9 Å². The molecule has 2 N–H and O–H groups in total. The van der Waals surface area contributed by atoms with Gasteiger partial charge in [0.25, 0.3) is 0 Å². The number of carbonyl (C=O) groups is 2. The highest BCUT2D eigenvalue weighted by atomic mass is 16.5. The monoisotopic (exact) mass is 435 g/mol. The minimum atomic E-state index is -0.508. The molecule has 0 atom stereocenters. The van der Waals surface area contributed by atoms with Crippen molar-refractivity contribution in [2.75, 3.05) is 17.7 Å². The van der Waals surface area contributed by atoms with E-state index in [1.54, 1.807) is 12.4 Å². The number of hydrogen-bond donors (Lipinski definition) is 2. The summed E-state index contributed by atoms with van der Waals surface area (Å²) in [5, 5.41) is 7.08. The Balaban J connectivity index is 1.81. The Kier molecular flexibility index (Phi) is 6.39. The van der Waals surface area contributed by atoms with Crippen molar-refractivity contribution in [2.45, 2.75) is 52.1 Å². The lowest BCUT2D eigenvalue weighted by atomic mass is 9.85. The van der Waals surface area contributed by atoms with Crippen LogP contribution in [0.3, 0.4) is 0 Å². The third-order valence-corrected chi connectivity index (χ3v) is 5.77. The second-order valence-electron chi connectivity index (χ2n) is 8.45. The maximum Gasteiger partial charge on any atom is 0.356 e. The maximum atomic E-state index is 12.9. The lowest BCUT2D eigenvalue weighted by Gasteiger charge is -2.24. The van der Waals surface area contributed by atoms with Crippen molar-refractivity contribution in [3.05, 3.63) is 48.0 Å². The third-order valence-electron chi connectivity index (χ3n) is 5.77. The van der Waals surface area contributed by atoms with E-state index in [9.17, 15) is 9.59 Å². The molecule has 0 radical (unpaired) electrons. The number of pyridine rings is 2. The van der Waals surface area contributed by atoms with Crippen LogP contribution in [-0.2, 0) is 22.5 Å². The lowest BCUT2D eigenvalue weighted by molar-refractivity contribution is -0.122. The topological polar surface area (TPSA) is 98.1 Å². The van der Waals surface area contributed by atoms with Gasteiger partial charge in [-0.2, -0.15) is 0 Å². The van der Waals surface area contributed by atoms with Crippen LogP contribution in [0.25, 0.3) is 11.0 Å². The summed E-state index contributed by atoms with van der Waals surface area (Å²) in [6.07, 6.45) is 6.90. The number of hydrogen-bond acceptors (Lipinski definition) is 6. The van der Waals surface area contributed by atoms with Gasteiger partial charge in [0.1, 0.15) is 5.65 Å². The number of aryl methyl sites for hydroxylation is 2. The first-order valence-electron chi connectivity index (χ1n) is 11.1. The Hall–Kier alpha value is -3.42. The predicted octanol–water partition coefficient (Wildman–Crippen LogP) is 4.02. The molecule has 0 aliphatic heterocycles. The number of fused-ring (bicyclic) bond motifs is 1. The molecule has 0 spiro atoms. The normalized spacial score (nSPS) is 13.8. The van der Waals surface area contributed by atoms with Gasteiger partial charge in [-0.05, 0) is 44.9 Å². The summed E-state index contributed by atoms with van der Waals surface area (Å²) in [6.45, 7) is 4.56. The fraction of sp³-hybridized carbons (Fsp3) is 0.417. The molecule has 3 heterocycles. The molecule has 8 nitrogen and oxygen atoms in total. The molecule has 3 aromatic rings. The summed E-state index contributed by atoms with van der Waals surface area (Å²) in [5.41, 5.74) is 3.12. The average molecular weight is 436 g/mol. The van der Waals surface area contributed by atoms with Gasteiger partial charge in [0.15, 0.2) is 5.69 Å². The van der Waals surface area contributed by atoms with Gasteiger partial charge in [0.2, 0.25) is 5.91 Å². The van der Waals surface area contributed by atoms with Crippen LogP contribution in [-0.4, -0.2) is 39.6 Å². The van der Waals surface area contributed by atoms with Gasteiger partial charge in [-0.15, -0.1) is 0 Å². The smallest absolute Gasteiger partial charge is 0.356 e. The number of anilines is 2. The van der Waals surface area contributed by atoms with Gasteiger partial charge in [0, 0.05) is 42.2 Å². The minimum Gasteiger partial charge on any atom is -0.464 e. The van der Waals surface area contributed by atoms with E-state index < -0.39 is 5.97 Å². The second-order valence-corrected chi connectivity index (χ2v) is 8.45. The van der Waals surface area contributed by atoms with Gasteiger partial charge >= 0.3 is 5.97 Å². The SMILES string of the molecule is COC(=O)c1c(NC(=O)C2CCC2)c2cc(NC(C)C)cnc2n1CCc1ccccn1. The van der Waals surface area contributed by atoms with Crippen LogP contribution in [0.2, 0.25) is 0 Å². The zero-order chi connectivity index (χ0) is 22.7. The fourth-order valence-corrected chi connectivity index (χ4v) is 3.96. The first-order chi connectivity index (χ1) is 15.5. The van der Waals surface area contributed by atoms with E-state index in [1.807, 2.05) is 42.7 Å². The molecule has 168 valence electrons. The van der Waals surface area contributed by atoms with Gasteiger partial charge in [0.05, 0.1) is 24.7 Å². The molecule has 0 unspecified atom stereocenters. The summed E-state index contributed by atoms with van der Waals surface area (Å²) >= 11 is 0. The number of ether oxygens (including phenoxy) is 1. The number of esters is 1. The summed E-state index contributed by atoms with van der Waals surface area (Å²) in [7, 11) is 1.35. The molecule has 0 aromatic carbocycles. The van der Waals surface area contributed by atoms with E-state index in [1.165, 1.54) is 7.11 Å². The third kappa shape index (κ3) is 4.44. The first-order valence-corrected chi connectivity index (χ1v) is 11.1. The molecule has 3 aromatic heterocycles. The molecule has 1 saturated carbocycles. The van der Waals surface area contributed by atoms with Crippen LogP contribution in [0.5, 0.6) is 0 Å². The zero-order valence-electron chi connectivity index (χ0n) is 18.7. The van der Waals surface area contributed by atoms with Crippen LogP contribution in [0, 0.1) is 5.92 Å². The minimum absolute atomic E-state index is 0.0163. The Morgan fingerprint density at radius 3 is 2.69 bits per heavy atom. The number of carbonyl (C=O) groups excluding carboxylic acids is 2. The van der Waals surface area contributed by atoms with Gasteiger partial charge in [-0.25, -0.2) is 9.78 Å². The van der Waals surface area contributed by atoms with Gasteiger partial charge < -0.3 is 19.9 Å².